The summed E-state index contributed by atoms with van der Waals surface area (Å²) in [6, 6.07) is 18.2. The van der Waals surface area contributed by atoms with Crippen LogP contribution in [0.25, 0.3) is 22.0 Å². The predicted molar refractivity (Wildman–Crippen MR) is 117 cm³/mol. The maximum atomic E-state index is 14.9. The van der Waals surface area contributed by atoms with Crippen LogP contribution in [0.1, 0.15) is 57.0 Å². The van der Waals surface area contributed by atoms with Crippen molar-refractivity contribution in [1.29, 1.82) is 0 Å². The largest absolute Gasteiger partial charge is 0.347 e. The van der Waals surface area contributed by atoms with Crippen LogP contribution < -0.4 is 0 Å². The zero-order valence-electron chi connectivity index (χ0n) is 26.2. The molecule has 0 spiro atoms. The summed E-state index contributed by atoms with van der Waals surface area (Å²) in [7, 11) is 0. The number of halogens is 1. The van der Waals surface area contributed by atoms with Crippen molar-refractivity contribution >= 4 is 16.6 Å². The zero-order chi connectivity index (χ0) is 29.9. The molecule has 4 aromatic rings. The Kier molecular flexibility index (Phi) is 2.92. The van der Waals surface area contributed by atoms with Crippen molar-refractivity contribution in [2.45, 2.75) is 32.5 Å². The number of rotatable bonds is 7. The van der Waals surface area contributed by atoms with Crippen molar-refractivity contribution in [3.8, 4) is 11.3 Å². The highest BCUT2D eigenvalue weighted by Gasteiger charge is 2.18. The van der Waals surface area contributed by atoms with E-state index in [0.29, 0.717) is 9.95 Å². The predicted octanol–water partition coefficient (Wildman–Crippen LogP) is 6.87. The maximum absolute atomic E-state index is 14.9. The van der Waals surface area contributed by atoms with E-state index in [-0.39, 0.29) is 22.4 Å². The Balaban J connectivity index is 1.96. The van der Waals surface area contributed by atoms with E-state index in [1.165, 1.54) is 18.2 Å². The Morgan fingerprint density at radius 2 is 1.83 bits per heavy atom. The fourth-order valence-electron chi connectivity index (χ4n) is 3.25. The number of hydrogen-bond donors (Lipinski definition) is 0. The monoisotopic (exact) mass is 396 g/mol. The molecule has 0 N–H and O–H groups in total. The van der Waals surface area contributed by atoms with Crippen molar-refractivity contribution in [3.63, 3.8) is 0 Å². The van der Waals surface area contributed by atoms with Crippen molar-refractivity contribution < 1.29 is 24.3 Å². The average molecular weight is 397 g/mol. The molecule has 0 aliphatic heterocycles. The van der Waals surface area contributed by atoms with Gasteiger partial charge >= 0.3 is 0 Å². The summed E-state index contributed by atoms with van der Waals surface area (Å²) >= 11 is 0. The standard InChI is InChI=1S/C26H24FNO/c1-2-3-8-16-28-18-20(17-25(28)23-13-6-7-15-24(23)27)26(29)22-14-9-11-19-10-4-5-12-21(19)22/h4-7,9-15,17-18H,2-3,8,16H2,1H3/i1D3,2D2,3D2,8D2,16D2. The molecule has 146 valence electrons. The van der Waals surface area contributed by atoms with Crippen molar-refractivity contribution in [1.82, 2.24) is 4.57 Å². The lowest BCUT2D eigenvalue weighted by Gasteiger charge is -2.09. The van der Waals surface area contributed by atoms with Crippen molar-refractivity contribution in [2.75, 3.05) is 0 Å². The first kappa shape index (κ1) is 10.0. The number of fused-ring (bicyclic) bond motifs is 1. The second-order valence-corrected chi connectivity index (χ2v) is 6.31. The summed E-state index contributed by atoms with van der Waals surface area (Å²) in [4.78, 5) is 13.7. The highest BCUT2D eigenvalue weighted by Crippen LogP contribution is 2.28. The van der Waals surface area contributed by atoms with Gasteiger partial charge in [-0.05, 0) is 35.3 Å². The van der Waals surface area contributed by atoms with Gasteiger partial charge in [0.15, 0.2) is 5.78 Å². The zero-order valence-corrected chi connectivity index (χ0v) is 15.2. The molecule has 0 saturated heterocycles. The van der Waals surface area contributed by atoms with Crippen LogP contribution in [0.15, 0.2) is 79.0 Å². The van der Waals surface area contributed by atoms with Gasteiger partial charge in [0.1, 0.15) is 5.82 Å². The summed E-state index contributed by atoms with van der Waals surface area (Å²) in [6.07, 6.45) is -10.7. The van der Waals surface area contributed by atoms with Gasteiger partial charge < -0.3 is 4.57 Å². The summed E-state index contributed by atoms with van der Waals surface area (Å²) in [6.45, 7) is -7.18. The highest BCUT2D eigenvalue weighted by molar-refractivity contribution is 6.16. The molecule has 4 rings (SSSR count). The molecule has 0 amide bonds. The van der Waals surface area contributed by atoms with Gasteiger partial charge in [0.2, 0.25) is 0 Å². The third-order valence-corrected chi connectivity index (χ3v) is 4.57. The van der Waals surface area contributed by atoms with E-state index in [2.05, 4.69) is 0 Å². The molecule has 0 radical (unpaired) electrons. The normalized spacial score (nSPS) is 19.1. The molecule has 0 aliphatic carbocycles. The minimum atomic E-state index is -3.93. The molecule has 0 unspecified atom stereocenters. The molecule has 0 atom stereocenters. The Morgan fingerprint density at radius 3 is 2.69 bits per heavy atom. The third-order valence-electron chi connectivity index (χ3n) is 4.57. The maximum Gasteiger partial charge on any atom is 0.195 e. The van der Waals surface area contributed by atoms with Gasteiger partial charge in [-0.15, -0.1) is 0 Å². The van der Waals surface area contributed by atoms with E-state index in [4.69, 9.17) is 15.1 Å². The van der Waals surface area contributed by atoms with Crippen LogP contribution in [0.5, 0.6) is 0 Å². The van der Waals surface area contributed by atoms with Crippen molar-refractivity contribution in [3.05, 3.63) is 95.9 Å². The first-order chi connectivity index (χ1) is 18.4. The summed E-state index contributed by atoms with van der Waals surface area (Å²) in [5.74, 6) is -1.45. The topological polar surface area (TPSA) is 22.0 Å². The molecule has 2 nitrogen and oxygen atoms in total. The number of ketones is 1. The number of carbonyl (C=O) groups excluding carboxylic acids is 1. The van der Waals surface area contributed by atoms with Crippen molar-refractivity contribution in [2.24, 2.45) is 0 Å². The fourth-order valence-corrected chi connectivity index (χ4v) is 3.25. The molecule has 3 aromatic carbocycles. The Labute approximate surface area is 186 Å². The van der Waals surface area contributed by atoms with Crippen LogP contribution in [0, 0.1) is 5.82 Å². The summed E-state index contributed by atoms with van der Waals surface area (Å²) < 4.78 is 104. The Hall–Kier alpha value is -3.20. The van der Waals surface area contributed by atoms with Gasteiger partial charge in [0.25, 0.3) is 0 Å². The molecule has 1 heterocycles. The van der Waals surface area contributed by atoms with E-state index in [9.17, 15) is 9.18 Å². The van der Waals surface area contributed by atoms with Crippen LogP contribution in [0.3, 0.4) is 0 Å². The SMILES string of the molecule is [2H]C([2H])([2H])C([2H])([2H])C([2H])([2H])C([2H])([2H])C([2H])([2H])n1cc(C(=O)c2cccc3ccccc23)cc1-c1ccccc1F. The molecule has 0 saturated carbocycles. The molecule has 0 aliphatic rings. The lowest BCUT2D eigenvalue weighted by Crippen LogP contribution is -2.02. The van der Waals surface area contributed by atoms with E-state index in [0.717, 1.165) is 23.7 Å². The third kappa shape index (κ3) is 3.86. The van der Waals surface area contributed by atoms with E-state index in [1.807, 2.05) is 0 Å². The fraction of sp³-hybridized carbons (Fsp3) is 0.192. The molecule has 0 bridgehead atoms. The molecule has 0 fully saturated rings. The second-order valence-electron chi connectivity index (χ2n) is 6.31. The van der Waals surface area contributed by atoms with Gasteiger partial charge in [0, 0.05) is 44.5 Å². The first-order valence-electron chi connectivity index (χ1n) is 14.4. The number of benzene rings is 3. The summed E-state index contributed by atoms with van der Waals surface area (Å²) in [5, 5.41) is 1.32. The smallest absolute Gasteiger partial charge is 0.195 e. The van der Waals surface area contributed by atoms with Gasteiger partial charge in [-0.25, -0.2) is 4.39 Å². The Bertz CT molecular complexity index is 1590. The number of aromatic nitrogens is 1. The number of aryl methyl sites for hydroxylation is 1. The first-order valence-corrected chi connectivity index (χ1v) is 8.86. The summed E-state index contributed by atoms with van der Waals surface area (Å²) in [5.41, 5.74) is -0.513. The van der Waals surface area contributed by atoms with Gasteiger partial charge in [-0.3, -0.25) is 4.79 Å². The molecular formula is C26H24FNO. The van der Waals surface area contributed by atoms with Gasteiger partial charge in [0.05, 0.1) is 5.69 Å². The van der Waals surface area contributed by atoms with E-state index < -0.39 is 44.1 Å². The minimum absolute atomic E-state index is 0.173. The van der Waals surface area contributed by atoms with Crippen LogP contribution >= 0.6 is 0 Å². The van der Waals surface area contributed by atoms with Gasteiger partial charge in [-0.1, -0.05) is 74.2 Å². The lowest BCUT2D eigenvalue weighted by molar-refractivity contribution is 0.104. The molecule has 29 heavy (non-hydrogen) atoms. The lowest BCUT2D eigenvalue weighted by atomic mass is 9.98. The molecule has 1 aromatic heterocycles. The number of carbonyl (C=O) groups is 1. The number of nitrogens with zero attached hydrogens (tertiary/aromatic N) is 1. The van der Waals surface area contributed by atoms with Crippen LogP contribution in [-0.4, -0.2) is 10.4 Å². The van der Waals surface area contributed by atoms with Crippen LogP contribution in [0.4, 0.5) is 4.39 Å². The van der Waals surface area contributed by atoms with E-state index in [1.54, 1.807) is 42.5 Å². The van der Waals surface area contributed by atoms with Crippen LogP contribution in [0.2, 0.25) is 0 Å². The second kappa shape index (κ2) is 8.44. The quantitative estimate of drug-likeness (QED) is 0.312. The molecular weight excluding hydrogens is 361 g/mol. The number of hydrogen-bond acceptors (Lipinski definition) is 1. The Morgan fingerprint density at radius 1 is 1.03 bits per heavy atom. The van der Waals surface area contributed by atoms with Gasteiger partial charge in [-0.2, -0.15) is 0 Å². The highest BCUT2D eigenvalue weighted by atomic mass is 19.1. The average Bonchev–Trinajstić information content (AvgIpc) is 3.33. The van der Waals surface area contributed by atoms with E-state index >= 15 is 0 Å². The van der Waals surface area contributed by atoms with Crippen LogP contribution in [-0.2, 0) is 6.50 Å². The molecule has 3 heteroatoms. The minimum Gasteiger partial charge on any atom is -0.347 e.